The first-order chi connectivity index (χ1) is 11.2. The van der Waals surface area contributed by atoms with E-state index in [4.69, 9.17) is 4.74 Å². The predicted molar refractivity (Wildman–Crippen MR) is 87.4 cm³/mol. The van der Waals surface area contributed by atoms with Crippen molar-refractivity contribution in [2.24, 2.45) is 0 Å². The molecule has 1 amide bonds. The maximum absolute atomic E-state index is 12.4. The van der Waals surface area contributed by atoms with Crippen molar-refractivity contribution in [3.8, 4) is 5.75 Å². The lowest BCUT2D eigenvalue weighted by Crippen LogP contribution is -2.30. The largest absolute Gasteiger partial charge is 0.491 e. The van der Waals surface area contributed by atoms with Crippen molar-refractivity contribution in [1.29, 1.82) is 0 Å². The summed E-state index contributed by atoms with van der Waals surface area (Å²) >= 11 is 0. The molecule has 1 aliphatic heterocycles. The number of nitrogens with one attached hydrogen (secondary N) is 2. The molecule has 0 bridgehead atoms. The number of hydrogen-bond acceptors (Lipinski definition) is 3. The summed E-state index contributed by atoms with van der Waals surface area (Å²) in [5, 5.41) is 4.05. The third-order valence-electron chi connectivity index (χ3n) is 4.17. The number of aryl methyl sites for hydroxylation is 1. The number of benzene rings is 1. The molecule has 1 aliphatic rings. The highest BCUT2D eigenvalue weighted by atomic mass is 16.5. The molecular weight excluding hydrogens is 290 g/mol. The van der Waals surface area contributed by atoms with Crippen LogP contribution < -0.4 is 10.1 Å². The summed E-state index contributed by atoms with van der Waals surface area (Å²) in [5.41, 5.74) is 3.98. The fourth-order valence-electron chi connectivity index (χ4n) is 3.03. The standard InChI is InChI=1S/C18H17N3O2/c1-11-4-5-16-14(7-11)15(10-23-16)21-17(22)8-12-9-20-18-13(12)3-2-6-19-18/h2-7,9,15H,8,10H2,1H3,(H,19,20)(H,21,22). The van der Waals surface area contributed by atoms with Crippen molar-refractivity contribution in [3.63, 3.8) is 0 Å². The van der Waals surface area contributed by atoms with E-state index in [2.05, 4.69) is 21.4 Å². The molecule has 0 radical (unpaired) electrons. The summed E-state index contributed by atoms with van der Waals surface area (Å²) in [6, 6.07) is 9.81. The number of aromatic amines is 1. The average molecular weight is 307 g/mol. The van der Waals surface area contributed by atoms with Gasteiger partial charge < -0.3 is 15.0 Å². The summed E-state index contributed by atoms with van der Waals surface area (Å²) in [6.07, 6.45) is 3.90. The van der Waals surface area contributed by atoms with Crippen LogP contribution in [-0.4, -0.2) is 22.5 Å². The number of pyridine rings is 1. The number of H-pyrrole nitrogens is 1. The molecule has 5 heteroatoms. The highest BCUT2D eigenvalue weighted by Crippen LogP contribution is 2.32. The van der Waals surface area contributed by atoms with Crippen LogP contribution in [0.2, 0.25) is 0 Å². The van der Waals surface area contributed by atoms with E-state index in [0.29, 0.717) is 13.0 Å². The maximum Gasteiger partial charge on any atom is 0.225 e. The number of amides is 1. The van der Waals surface area contributed by atoms with Crippen LogP contribution in [0.5, 0.6) is 5.75 Å². The maximum atomic E-state index is 12.4. The number of aromatic nitrogens is 2. The summed E-state index contributed by atoms with van der Waals surface area (Å²) in [4.78, 5) is 19.7. The molecule has 1 atom stereocenters. The Morgan fingerprint density at radius 1 is 1.43 bits per heavy atom. The number of ether oxygens (including phenoxy) is 1. The number of carbonyl (C=O) groups is 1. The second-order valence-electron chi connectivity index (χ2n) is 5.86. The molecule has 0 saturated carbocycles. The molecule has 0 fully saturated rings. The Labute approximate surface area is 133 Å². The number of rotatable bonds is 3. The van der Waals surface area contributed by atoms with Crippen molar-refractivity contribution >= 4 is 16.9 Å². The van der Waals surface area contributed by atoms with Crippen molar-refractivity contribution in [2.45, 2.75) is 19.4 Å². The Morgan fingerprint density at radius 3 is 3.26 bits per heavy atom. The number of carbonyl (C=O) groups excluding carboxylic acids is 1. The van der Waals surface area contributed by atoms with E-state index < -0.39 is 0 Å². The van der Waals surface area contributed by atoms with Gasteiger partial charge in [-0.05, 0) is 30.7 Å². The van der Waals surface area contributed by atoms with Crippen molar-refractivity contribution in [1.82, 2.24) is 15.3 Å². The Morgan fingerprint density at radius 2 is 2.35 bits per heavy atom. The topological polar surface area (TPSA) is 67.0 Å². The molecule has 3 aromatic rings. The van der Waals surface area contributed by atoms with Crippen molar-refractivity contribution < 1.29 is 9.53 Å². The normalized spacial score (nSPS) is 16.1. The van der Waals surface area contributed by atoms with Gasteiger partial charge in [-0.3, -0.25) is 4.79 Å². The molecule has 4 rings (SSSR count). The van der Waals surface area contributed by atoms with E-state index in [1.807, 2.05) is 37.4 Å². The monoisotopic (exact) mass is 307 g/mol. The van der Waals surface area contributed by atoms with Gasteiger partial charge in [0, 0.05) is 23.3 Å². The van der Waals surface area contributed by atoms with Gasteiger partial charge >= 0.3 is 0 Å². The zero-order valence-electron chi connectivity index (χ0n) is 12.8. The fraction of sp³-hybridized carbons (Fsp3) is 0.222. The van der Waals surface area contributed by atoms with Crippen molar-refractivity contribution in [3.05, 3.63) is 59.4 Å². The molecule has 5 nitrogen and oxygen atoms in total. The highest BCUT2D eigenvalue weighted by Gasteiger charge is 2.25. The quantitative estimate of drug-likeness (QED) is 0.782. The summed E-state index contributed by atoms with van der Waals surface area (Å²) in [5.74, 6) is 0.843. The molecule has 1 unspecified atom stereocenters. The zero-order valence-corrected chi connectivity index (χ0v) is 12.8. The van der Waals surface area contributed by atoms with E-state index in [-0.39, 0.29) is 11.9 Å². The molecule has 2 N–H and O–H groups in total. The minimum atomic E-state index is -0.0827. The van der Waals surface area contributed by atoms with Crippen LogP contribution in [0.25, 0.3) is 11.0 Å². The van der Waals surface area contributed by atoms with Gasteiger partial charge in [0.1, 0.15) is 18.0 Å². The number of nitrogens with zero attached hydrogens (tertiary/aromatic N) is 1. The van der Waals surface area contributed by atoms with Crippen LogP contribution in [0.3, 0.4) is 0 Å². The van der Waals surface area contributed by atoms with E-state index in [1.165, 1.54) is 0 Å². The minimum Gasteiger partial charge on any atom is -0.491 e. The van der Waals surface area contributed by atoms with Gasteiger partial charge in [0.05, 0.1) is 12.5 Å². The predicted octanol–water partition coefficient (Wildman–Crippen LogP) is 2.66. The first-order valence-electron chi connectivity index (χ1n) is 7.64. The third kappa shape index (κ3) is 2.54. The van der Waals surface area contributed by atoms with E-state index in [9.17, 15) is 4.79 Å². The first-order valence-corrected chi connectivity index (χ1v) is 7.64. The van der Waals surface area contributed by atoms with Crippen LogP contribution >= 0.6 is 0 Å². The van der Waals surface area contributed by atoms with Crippen LogP contribution in [-0.2, 0) is 11.2 Å². The van der Waals surface area contributed by atoms with Crippen molar-refractivity contribution in [2.75, 3.05) is 6.61 Å². The van der Waals surface area contributed by atoms with Crippen LogP contribution in [0, 0.1) is 6.92 Å². The first kappa shape index (κ1) is 13.8. The molecule has 0 spiro atoms. The summed E-state index contributed by atoms with van der Waals surface area (Å²) in [6.45, 7) is 2.52. The number of hydrogen-bond donors (Lipinski definition) is 2. The zero-order chi connectivity index (χ0) is 15.8. The van der Waals surface area contributed by atoms with Gasteiger partial charge in [-0.15, -0.1) is 0 Å². The molecule has 1 aromatic carbocycles. The molecule has 23 heavy (non-hydrogen) atoms. The molecule has 116 valence electrons. The molecular formula is C18H17N3O2. The Kier molecular flexibility index (Phi) is 3.26. The Bertz CT molecular complexity index is 885. The van der Waals surface area contributed by atoms with Gasteiger partial charge in [0.15, 0.2) is 0 Å². The minimum absolute atomic E-state index is 0.0160. The lowest BCUT2D eigenvalue weighted by molar-refractivity contribution is -0.121. The van der Waals surface area contributed by atoms with Crippen LogP contribution in [0.1, 0.15) is 22.7 Å². The fourth-order valence-corrected chi connectivity index (χ4v) is 3.03. The van der Waals surface area contributed by atoms with Gasteiger partial charge in [-0.2, -0.15) is 0 Å². The molecule has 2 aromatic heterocycles. The lowest BCUT2D eigenvalue weighted by Gasteiger charge is -2.12. The van der Waals surface area contributed by atoms with E-state index >= 15 is 0 Å². The van der Waals surface area contributed by atoms with Gasteiger partial charge in [0.25, 0.3) is 0 Å². The second kappa shape index (κ2) is 5.43. The number of fused-ring (bicyclic) bond motifs is 2. The summed E-state index contributed by atoms with van der Waals surface area (Å²) < 4.78 is 5.64. The van der Waals surface area contributed by atoms with Gasteiger partial charge in [0.2, 0.25) is 5.91 Å². The molecule has 3 heterocycles. The van der Waals surface area contributed by atoms with Crippen LogP contribution in [0.15, 0.2) is 42.7 Å². The lowest BCUT2D eigenvalue weighted by atomic mass is 10.1. The van der Waals surface area contributed by atoms with Gasteiger partial charge in [-0.1, -0.05) is 17.7 Å². The second-order valence-corrected chi connectivity index (χ2v) is 5.86. The van der Waals surface area contributed by atoms with Gasteiger partial charge in [-0.25, -0.2) is 4.98 Å². The average Bonchev–Trinajstić information content (AvgIpc) is 3.12. The van der Waals surface area contributed by atoms with Crippen LogP contribution in [0.4, 0.5) is 0 Å². The molecule has 0 aliphatic carbocycles. The Hall–Kier alpha value is -2.82. The highest BCUT2D eigenvalue weighted by molar-refractivity contribution is 5.87. The smallest absolute Gasteiger partial charge is 0.225 e. The van der Waals surface area contributed by atoms with E-state index in [0.717, 1.165) is 33.5 Å². The molecule has 0 saturated heterocycles. The third-order valence-corrected chi connectivity index (χ3v) is 4.17. The Balaban J connectivity index is 1.50. The summed E-state index contributed by atoms with van der Waals surface area (Å²) in [7, 11) is 0. The SMILES string of the molecule is Cc1ccc2c(c1)C(NC(=O)Cc1c[nH]c3ncccc13)CO2. The van der Waals surface area contributed by atoms with E-state index in [1.54, 1.807) is 6.20 Å².